The molecule has 134 valence electrons. The first-order chi connectivity index (χ1) is 12.0. The second kappa shape index (κ2) is 9.44. The molecule has 0 atom stereocenters. The zero-order valence-electron chi connectivity index (χ0n) is 14.1. The molecule has 0 unspecified atom stereocenters. The summed E-state index contributed by atoms with van der Waals surface area (Å²) in [6, 6.07) is 7.08. The second-order valence-electron chi connectivity index (χ2n) is 5.22. The predicted molar refractivity (Wildman–Crippen MR) is 98.9 cm³/mol. The Morgan fingerprint density at radius 3 is 2.72 bits per heavy atom. The first-order valence-corrected chi connectivity index (χ1v) is 9.13. The number of thiophene rings is 1. The van der Waals surface area contributed by atoms with E-state index in [1.54, 1.807) is 18.2 Å². The van der Waals surface area contributed by atoms with Crippen LogP contribution in [0.5, 0.6) is 11.5 Å². The van der Waals surface area contributed by atoms with E-state index in [9.17, 15) is 9.59 Å². The van der Waals surface area contributed by atoms with E-state index in [1.165, 1.54) is 18.4 Å². The number of carbonyl (C=O) groups excluding carboxylic acids is 2. The molecule has 5 nitrogen and oxygen atoms in total. The lowest BCUT2D eigenvalue weighted by molar-refractivity contribution is -0.121. The Labute approximate surface area is 155 Å². The van der Waals surface area contributed by atoms with Gasteiger partial charge in [-0.05, 0) is 36.1 Å². The number of Topliss-reactive ketones (excluding diaryl/α,β-unsaturated/α-hetero) is 1. The van der Waals surface area contributed by atoms with Crippen molar-refractivity contribution in [3.05, 3.63) is 45.1 Å². The van der Waals surface area contributed by atoms with Gasteiger partial charge in [-0.25, -0.2) is 0 Å². The summed E-state index contributed by atoms with van der Waals surface area (Å²) < 4.78 is 10.7. The fourth-order valence-electron chi connectivity index (χ4n) is 2.24. The predicted octanol–water partition coefficient (Wildman–Crippen LogP) is 4.09. The van der Waals surface area contributed by atoms with Crippen LogP contribution < -0.4 is 14.8 Å². The van der Waals surface area contributed by atoms with Gasteiger partial charge in [0.15, 0.2) is 17.3 Å². The molecule has 0 spiro atoms. The molecule has 0 aliphatic rings. The Bertz CT molecular complexity index is 731. The van der Waals surface area contributed by atoms with E-state index in [1.807, 2.05) is 18.4 Å². The number of hydrogen-bond donors (Lipinski definition) is 1. The molecule has 0 aliphatic heterocycles. The molecule has 2 aromatic rings. The van der Waals surface area contributed by atoms with Crippen LogP contribution >= 0.6 is 22.9 Å². The van der Waals surface area contributed by atoms with Gasteiger partial charge in [0, 0.05) is 19.4 Å². The monoisotopic (exact) mass is 381 g/mol. The van der Waals surface area contributed by atoms with Gasteiger partial charge in [-0.1, -0.05) is 17.7 Å². The number of methoxy groups -OCH3 is 1. The Balaban J connectivity index is 1.89. The quantitative estimate of drug-likeness (QED) is 0.664. The van der Waals surface area contributed by atoms with Gasteiger partial charge in [-0.2, -0.15) is 0 Å². The SMILES string of the molecule is CCOc1c(Cl)cc(CNC(=O)CCC(=O)c2cccs2)cc1OC. The molecule has 0 radical (unpaired) electrons. The number of carbonyl (C=O) groups is 2. The molecule has 0 bridgehead atoms. The minimum atomic E-state index is -0.186. The number of hydrogen-bond acceptors (Lipinski definition) is 5. The molecule has 0 saturated heterocycles. The lowest BCUT2D eigenvalue weighted by Crippen LogP contribution is -2.23. The van der Waals surface area contributed by atoms with Gasteiger partial charge in [-0.3, -0.25) is 9.59 Å². The summed E-state index contributed by atoms with van der Waals surface area (Å²) in [5, 5.41) is 5.06. The molecule has 0 aliphatic carbocycles. The van der Waals surface area contributed by atoms with Crippen LogP contribution in [0.25, 0.3) is 0 Å². The Morgan fingerprint density at radius 1 is 1.28 bits per heavy atom. The third kappa shape index (κ3) is 5.47. The largest absolute Gasteiger partial charge is 0.493 e. The van der Waals surface area contributed by atoms with Crippen molar-refractivity contribution in [1.82, 2.24) is 5.32 Å². The average Bonchev–Trinajstić information content (AvgIpc) is 3.14. The number of nitrogens with one attached hydrogen (secondary N) is 1. The third-order valence-corrected chi connectivity index (χ3v) is 4.63. The van der Waals surface area contributed by atoms with Crippen LogP contribution in [-0.2, 0) is 11.3 Å². The Hall–Kier alpha value is -2.05. The number of amides is 1. The molecule has 7 heteroatoms. The number of benzene rings is 1. The van der Waals surface area contributed by atoms with Gasteiger partial charge in [0.1, 0.15) is 0 Å². The van der Waals surface area contributed by atoms with Crippen LogP contribution in [0.2, 0.25) is 5.02 Å². The highest BCUT2D eigenvalue weighted by atomic mass is 35.5. The van der Waals surface area contributed by atoms with E-state index in [0.29, 0.717) is 34.6 Å². The van der Waals surface area contributed by atoms with Crippen molar-refractivity contribution in [1.29, 1.82) is 0 Å². The minimum absolute atomic E-state index is 0.0177. The Kier molecular flexibility index (Phi) is 7.28. The highest BCUT2D eigenvalue weighted by molar-refractivity contribution is 7.12. The van der Waals surface area contributed by atoms with Gasteiger partial charge in [0.05, 0.1) is 23.6 Å². The molecule has 25 heavy (non-hydrogen) atoms. The zero-order chi connectivity index (χ0) is 18.2. The van der Waals surface area contributed by atoms with Gasteiger partial charge in [0.2, 0.25) is 5.91 Å². The maximum Gasteiger partial charge on any atom is 0.220 e. The standard InChI is InChI=1S/C18H20ClNO4S/c1-3-24-18-13(19)9-12(10-15(18)23-2)11-20-17(22)7-6-14(21)16-5-4-8-25-16/h4-5,8-10H,3,6-7,11H2,1-2H3,(H,20,22). The van der Waals surface area contributed by atoms with Crippen molar-refractivity contribution in [2.24, 2.45) is 0 Å². The van der Waals surface area contributed by atoms with Crippen molar-refractivity contribution in [2.45, 2.75) is 26.3 Å². The highest BCUT2D eigenvalue weighted by Crippen LogP contribution is 2.36. The zero-order valence-corrected chi connectivity index (χ0v) is 15.7. The molecule has 1 N–H and O–H groups in total. The Morgan fingerprint density at radius 2 is 2.08 bits per heavy atom. The highest BCUT2D eigenvalue weighted by Gasteiger charge is 2.13. The first-order valence-electron chi connectivity index (χ1n) is 7.87. The van der Waals surface area contributed by atoms with E-state index < -0.39 is 0 Å². The summed E-state index contributed by atoms with van der Waals surface area (Å²) >= 11 is 7.59. The number of rotatable bonds is 9. The lowest BCUT2D eigenvalue weighted by atomic mass is 10.1. The molecule has 1 amide bonds. The second-order valence-corrected chi connectivity index (χ2v) is 6.57. The number of ether oxygens (including phenoxy) is 2. The fourth-order valence-corrected chi connectivity index (χ4v) is 3.22. The first kappa shape index (κ1) is 19.3. The van der Waals surface area contributed by atoms with Crippen LogP contribution in [0.3, 0.4) is 0 Å². The van der Waals surface area contributed by atoms with Crippen molar-refractivity contribution in [3.63, 3.8) is 0 Å². The number of halogens is 1. The maximum absolute atomic E-state index is 12.0. The van der Waals surface area contributed by atoms with Crippen LogP contribution in [0, 0.1) is 0 Å². The van der Waals surface area contributed by atoms with Crippen molar-refractivity contribution >= 4 is 34.6 Å². The summed E-state index contributed by atoms with van der Waals surface area (Å²) in [5.41, 5.74) is 0.795. The minimum Gasteiger partial charge on any atom is -0.493 e. The van der Waals surface area contributed by atoms with E-state index in [4.69, 9.17) is 21.1 Å². The maximum atomic E-state index is 12.0. The van der Waals surface area contributed by atoms with Crippen molar-refractivity contribution < 1.29 is 19.1 Å². The van der Waals surface area contributed by atoms with Crippen LogP contribution in [0.15, 0.2) is 29.6 Å². The third-order valence-electron chi connectivity index (χ3n) is 3.44. The topological polar surface area (TPSA) is 64.6 Å². The molecular formula is C18H20ClNO4S. The summed E-state index contributed by atoms with van der Waals surface area (Å²) in [6.45, 7) is 2.64. The van der Waals surface area contributed by atoms with E-state index >= 15 is 0 Å². The molecule has 2 rings (SSSR count). The smallest absolute Gasteiger partial charge is 0.220 e. The van der Waals surface area contributed by atoms with E-state index in [2.05, 4.69) is 5.32 Å². The van der Waals surface area contributed by atoms with Crippen LogP contribution in [0.4, 0.5) is 0 Å². The molecule has 0 saturated carbocycles. The van der Waals surface area contributed by atoms with Crippen molar-refractivity contribution in [2.75, 3.05) is 13.7 Å². The van der Waals surface area contributed by atoms with Crippen LogP contribution in [0.1, 0.15) is 35.0 Å². The summed E-state index contributed by atoms with van der Waals surface area (Å²) in [7, 11) is 1.53. The van der Waals surface area contributed by atoms with E-state index in [-0.39, 0.29) is 24.5 Å². The molecular weight excluding hydrogens is 362 g/mol. The molecule has 0 fully saturated rings. The average molecular weight is 382 g/mol. The van der Waals surface area contributed by atoms with Gasteiger partial charge in [0.25, 0.3) is 0 Å². The van der Waals surface area contributed by atoms with Gasteiger partial charge >= 0.3 is 0 Å². The normalized spacial score (nSPS) is 10.4. The van der Waals surface area contributed by atoms with E-state index in [0.717, 1.165) is 5.56 Å². The lowest BCUT2D eigenvalue weighted by Gasteiger charge is -2.13. The summed E-state index contributed by atoms with van der Waals surface area (Å²) in [5.74, 6) is 0.805. The van der Waals surface area contributed by atoms with Gasteiger partial charge in [-0.15, -0.1) is 11.3 Å². The van der Waals surface area contributed by atoms with Crippen LogP contribution in [-0.4, -0.2) is 25.4 Å². The summed E-state index contributed by atoms with van der Waals surface area (Å²) in [4.78, 5) is 24.5. The number of ketones is 1. The van der Waals surface area contributed by atoms with Gasteiger partial charge < -0.3 is 14.8 Å². The molecule has 1 aromatic carbocycles. The molecule has 1 heterocycles. The summed E-state index contributed by atoms with van der Waals surface area (Å²) in [6.07, 6.45) is 0.346. The van der Waals surface area contributed by atoms with Crippen molar-refractivity contribution in [3.8, 4) is 11.5 Å². The molecule has 1 aromatic heterocycles. The fraction of sp³-hybridized carbons (Fsp3) is 0.333.